The molecule has 39 heavy (non-hydrogen) atoms. The smallest absolute Gasteiger partial charge is 0.410 e. The van der Waals surface area contributed by atoms with E-state index in [1.807, 2.05) is 24.3 Å². The summed E-state index contributed by atoms with van der Waals surface area (Å²) in [4.78, 5) is 42.6. The number of anilines is 1. The molecule has 3 amide bonds. The van der Waals surface area contributed by atoms with E-state index < -0.39 is 29.9 Å². The van der Waals surface area contributed by atoms with E-state index in [-0.39, 0.29) is 37.9 Å². The number of carbonyl (C=O) groups is 3. The molecular formula is C29H35Cl2N3O5. The normalized spacial score (nSPS) is 21.2. The van der Waals surface area contributed by atoms with Crippen molar-refractivity contribution in [2.45, 2.75) is 77.4 Å². The number of halogens is 2. The number of ether oxygens (including phenoxy) is 2. The lowest BCUT2D eigenvalue weighted by Gasteiger charge is -2.40. The van der Waals surface area contributed by atoms with Crippen molar-refractivity contribution in [3.8, 4) is 0 Å². The van der Waals surface area contributed by atoms with Crippen LogP contribution in [0.25, 0.3) is 0 Å². The molecule has 0 bridgehead atoms. The molecule has 10 heteroatoms. The van der Waals surface area contributed by atoms with Gasteiger partial charge in [-0.3, -0.25) is 9.59 Å². The maximum atomic E-state index is 13.7. The molecule has 4 rings (SSSR count). The van der Waals surface area contributed by atoms with Crippen LogP contribution in [-0.4, -0.2) is 64.6 Å². The van der Waals surface area contributed by atoms with Crippen LogP contribution in [-0.2, 0) is 25.6 Å². The topological polar surface area (TPSA) is 88.2 Å². The molecule has 0 aliphatic carbocycles. The van der Waals surface area contributed by atoms with Gasteiger partial charge >= 0.3 is 6.09 Å². The molecule has 2 aliphatic heterocycles. The van der Waals surface area contributed by atoms with E-state index in [0.717, 1.165) is 5.56 Å². The number of rotatable bonds is 6. The summed E-state index contributed by atoms with van der Waals surface area (Å²) in [6.07, 6.45) is -2.13. The Bertz CT molecular complexity index is 1230. The summed E-state index contributed by atoms with van der Waals surface area (Å²) in [5.41, 5.74) is 1.86. The van der Waals surface area contributed by atoms with Crippen LogP contribution >= 0.6 is 23.2 Å². The Balaban J connectivity index is 1.52. The van der Waals surface area contributed by atoms with Gasteiger partial charge in [-0.1, -0.05) is 55.2 Å². The third-order valence-corrected chi connectivity index (χ3v) is 7.36. The Hall–Kier alpha value is -2.81. The van der Waals surface area contributed by atoms with Gasteiger partial charge in [-0.25, -0.2) is 4.79 Å². The molecule has 2 fully saturated rings. The number of benzene rings is 2. The van der Waals surface area contributed by atoms with Gasteiger partial charge in [0.25, 0.3) is 5.91 Å². The first-order valence-electron chi connectivity index (χ1n) is 13.1. The van der Waals surface area contributed by atoms with Crippen LogP contribution in [0.1, 0.15) is 58.1 Å². The standard InChI is InChI=1S/C29H35Cl2N3O5/c1-17(2)18-7-10-21(11-8-18)32-26(35)13-24-27(36)34(14-19-6-9-20(30)12-22(19)31)23-15-33(16-25(23)38-24)28(37)39-29(3,4)5/h6-12,17,23-25H,13-16H2,1-5H3,(H,32,35). The SMILES string of the molecule is CC(C)c1ccc(NC(=O)CC2OC3CN(C(=O)OC(C)(C)C)CC3N(Cc3ccc(Cl)cc3Cl)C2=O)cc1. The van der Waals surface area contributed by atoms with Gasteiger partial charge in [0.15, 0.2) is 0 Å². The van der Waals surface area contributed by atoms with Crippen molar-refractivity contribution in [1.82, 2.24) is 9.80 Å². The Labute approximate surface area is 239 Å². The number of hydrogen-bond donors (Lipinski definition) is 1. The van der Waals surface area contributed by atoms with E-state index in [0.29, 0.717) is 27.2 Å². The summed E-state index contributed by atoms with van der Waals surface area (Å²) < 4.78 is 11.7. The predicted molar refractivity (Wildman–Crippen MR) is 151 cm³/mol. The first-order valence-corrected chi connectivity index (χ1v) is 13.8. The zero-order chi connectivity index (χ0) is 28.5. The van der Waals surface area contributed by atoms with Crippen molar-refractivity contribution in [3.63, 3.8) is 0 Å². The molecule has 1 N–H and O–H groups in total. The van der Waals surface area contributed by atoms with Gasteiger partial charge in [-0.2, -0.15) is 0 Å². The summed E-state index contributed by atoms with van der Waals surface area (Å²) in [5.74, 6) is -0.295. The number of likely N-dealkylation sites (tertiary alicyclic amines) is 1. The minimum Gasteiger partial charge on any atom is -0.444 e. The first kappa shape index (κ1) is 29.2. The molecular weight excluding hydrogens is 541 g/mol. The monoisotopic (exact) mass is 575 g/mol. The van der Waals surface area contributed by atoms with Crippen molar-refractivity contribution in [1.29, 1.82) is 0 Å². The molecule has 8 nitrogen and oxygen atoms in total. The van der Waals surface area contributed by atoms with E-state index in [9.17, 15) is 14.4 Å². The summed E-state index contributed by atoms with van der Waals surface area (Å²) in [7, 11) is 0. The van der Waals surface area contributed by atoms with Gasteiger partial charge in [-0.15, -0.1) is 0 Å². The Kier molecular flexibility index (Phi) is 8.78. The summed E-state index contributed by atoms with van der Waals surface area (Å²) in [6, 6.07) is 12.3. The van der Waals surface area contributed by atoms with Crippen LogP contribution in [0.4, 0.5) is 10.5 Å². The molecule has 210 valence electrons. The fourth-order valence-electron chi connectivity index (χ4n) is 4.78. The van der Waals surface area contributed by atoms with Crippen molar-refractivity contribution < 1.29 is 23.9 Å². The molecule has 3 unspecified atom stereocenters. The van der Waals surface area contributed by atoms with Crippen molar-refractivity contribution in [3.05, 3.63) is 63.6 Å². The highest BCUT2D eigenvalue weighted by Crippen LogP contribution is 2.32. The second kappa shape index (κ2) is 11.7. The largest absolute Gasteiger partial charge is 0.444 e. The number of fused-ring (bicyclic) bond motifs is 1. The second-order valence-corrected chi connectivity index (χ2v) is 12.2. The molecule has 3 atom stereocenters. The third kappa shape index (κ3) is 7.24. The number of nitrogens with one attached hydrogen (secondary N) is 1. The molecule has 0 aromatic heterocycles. The van der Waals surface area contributed by atoms with Gasteiger partial charge in [-0.05, 0) is 62.1 Å². The highest BCUT2D eigenvalue weighted by Gasteiger charge is 2.49. The second-order valence-electron chi connectivity index (χ2n) is 11.3. The van der Waals surface area contributed by atoms with Crippen molar-refractivity contribution >= 4 is 46.8 Å². The number of nitrogens with zero attached hydrogens (tertiary/aromatic N) is 2. The Morgan fingerprint density at radius 2 is 1.79 bits per heavy atom. The Morgan fingerprint density at radius 1 is 1.10 bits per heavy atom. The van der Waals surface area contributed by atoms with E-state index in [1.54, 1.807) is 48.8 Å². The number of amides is 3. The fraction of sp³-hybridized carbons (Fsp3) is 0.483. The van der Waals surface area contributed by atoms with Crippen LogP contribution in [0.3, 0.4) is 0 Å². The number of carbonyl (C=O) groups excluding carboxylic acids is 3. The highest BCUT2D eigenvalue weighted by molar-refractivity contribution is 6.35. The lowest BCUT2D eigenvalue weighted by Crippen LogP contribution is -2.58. The summed E-state index contributed by atoms with van der Waals surface area (Å²) >= 11 is 12.5. The van der Waals surface area contributed by atoms with Crippen LogP contribution < -0.4 is 5.32 Å². The molecule has 2 aromatic carbocycles. The molecule has 0 saturated carbocycles. The van der Waals surface area contributed by atoms with Gasteiger partial charge in [0.1, 0.15) is 11.7 Å². The van der Waals surface area contributed by atoms with E-state index in [1.165, 1.54) is 0 Å². The van der Waals surface area contributed by atoms with Crippen LogP contribution in [0, 0.1) is 0 Å². The zero-order valence-corrected chi connectivity index (χ0v) is 24.4. The van der Waals surface area contributed by atoms with Crippen LogP contribution in [0.2, 0.25) is 10.0 Å². The molecule has 2 saturated heterocycles. The fourth-order valence-corrected chi connectivity index (χ4v) is 5.25. The third-order valence-electron chi connectivity index (χ3n) is 6.77. The zero-order valence-electron chi connectivity index (χ0n) is 22.9. The van der Waals surface area contributed by atoms with Crippen LogP contribution in [0.15, 0.2) is 42.5 Å². The quantitative estimate of drug-likeness (QED) is 0.466. The number of morpholine rings is 1. The Morgan fingerprint density at radius 3 is 2.41 bits per heavy atom. The van der Waals surface area contributed by atoms with E-state index in [4.69, 9.17) is 32.7 Å². The summed E-state index contributed by atoms with van der Waals surface area (Å²) in [6.45, 7) is 10.3. The predicted octanol–water partition coefficient (Wildman–Crippen LogP) is 5.86. The maximum absolute atomic E-state index is 13.7. The van der Waals surface area contributed by atoms with Gasteiger partial charge < -0.3 is 24.6 Å². The molecule has 0 spiro atoms. The van der Waals surface area contributed by atoms with Crippen molar-refractivity contribution in [2.24, 2.45) is 0 Å². The summed E-state index contributed by atoms with van der Waals surface area (Å²) in [5, 5.41) is 3.78. The molecule has 2 aliphatic rings. The maximum Gasteiger partial charge on any atom is 0.410 e. The average Bonchev–Trinajstić information content (AvgIpc) is 3.26. The molecule has 2 heterocycles. The highest BCUT2D eigenvalue weighted by atomic mass is 35.5. The van der Waals surface area contributed by atoms with Gasteiger partial charge in [0, 0.05) is 28.8 Å². The number of hydrogen-bond acceptors (Lipinski definition) is 5. The van der Waals surface area contributed by atoms with Gasteiger partial charge in [0.05, 0.1) is 25.1 Å². The van der Waals surface area contributed by atoms with E-state index >= 15 is 0 Å². The first-order chi connectivity index (χ1) is 18.3. The lowest BCUT2D eigenvalue weighted by atomic mass is 10.0. The molecule has 2 aromatic rings. The van der Waals surface area contributed by atoms with E-state index in [2.05, 4.69) is 19.2 Å². The van der Waals surface area contributed by atoms with Crippen LogP contribution in [0.5, 0.6) is 0 Å². The minimum absolute atomic E-state index is 0.161. The lowest BCUT2D eigenvalue weighted by molar-refractivity contribution is -0.169. The molecule has 0 radical (unpaired) electrons. The van der Waals surface area contributed by atoms with Gasteiger partial charge in [0.2, 0.25) is 5.91 Å². The van der Waals surface area contributed by atoms with Crippen molar-refractivity contribution in [2.75, 3.05) is 18.4 Å². The minimum atomic E-state index is -1.01. The average molecular weight is 577 g/mol.